The lowest BCUT2D eigenvalue weighted by Crippen LogP contribution is -2.38. The molecule has 1 aliphatic rings. The zero-order valence-corrected chi connectivity index (χ0v) is 12.6. The minimum absolute atomic E-state index is 0.0724. The maximum atomic E-state index is 12.7. The third-order valence-corrected chi connectivity index (χ3v) is 3.34. The number of hydrogen-bond acceptors (Lipinski definition) is 5. The van der Waals surface area contributed by atoms with Gasteiger partial charge in [0.25, 0.3) is 5.91 Å². The van der Waals surface area contributed by atoms with Crippen LogP contribution in [0.15, 0.2) is 6.20 Å². The Labute approximate surface area is 124 Å². The fourth-order valence-electron chi connectivity index (χ4n) is 2.15. The van der Waals surface area contributed by atoms with Crippen molar-refractivity contribution in [3.8, 4) is 0 Å². The summed E-state index contributed by atoms with van der Waals surface area (Å²) < 4.78 is 0. The molecule has 1 aromatic rings. The molecule has 7 heteroatoms. The second-order valence-electron chi connectivity index (χ2n) is 5.33. The molecule has 114 valence electrons. The van der Waals surface area contributed by atoms with Crippen molar-refractivity contribution >= 4 is 17.5 Å². The van der Waals surface area contributed by atoms with Gasteiger partial charge in [-0.1, -0.05) is 13.8 Å². The van der Waals surface area contributed by atoms with E-state index in [2.05, 4.69) is 20.6 Å². The minimum atomic E-state index is -0.235. The van der Waals surface area contributed by atoms with Crippen molar-refractivity contribution in [2.24, 2.45) is 0 Å². The SMILES string of the molecule is CNc1cnc(C(C)C)nc1C(=O)N1CCCNC(=O)C1. The van der Waals surface area contributed by atoms with E-state index in [0.717, 1.165) is 6.42 Å². The van der Waals surface area contributed by atoms with E-state index in [4.69, 9.17) is 0 Å². The lowest BCUT2D eigenvalue weighted by atomic mass is 10.2. The fourth-order valence-corrected chi connectivity index (χ4v) is 2.15. The standard InChI is InChI=1S/C14H21N5O2/c1-9(2)13-17-7-10(15-3)12(18-13)14(21)19-6-4-5-16-11(20)8-19/h7,9,15H,4-6,8H2,1-3H3,(H,16,20). The molecule has 7 nitrogen and oxygen atoms in total. The first kappa shape index (κ1) is 15.2. The molecule has 0 aliphatic carbocycles. The van der Waals surface area contributed by atoms with Crippen LogP contribution < -0.4 is 10.6 Å². The fraction of sp³-hybridized carbons (Fsp3) is 0.571. The van der Waals surface area contributed by atoms with Gasteiger partial charge in [-0.2, -0.15) is 0 Å². The molecule has 0 saturated carbocycles. The first-order chi connectivity index (χ1) is 10.0. The third-order valence-electron chi connectivity index (χ3n) is 3.34. The predicted octanol–water partition coefficient (Wildman–Crippen LogP) is 0.604. The predicted molar refractivity (Wildman–Crippen MR) is 79.2 cm³/mol. The lowest BCUT2D eigenvalue weighted by molar-refractivity contribution is -0.121. The summed E-state index contributed by atoms with van der Waals surface area (Å²) in [6, 6.07) is 0. The van der Waals surface area contributed by atoms with E-state index >= 15 is 0 Å². The van der Waals surface area contributed by atoms with E-state index in [1.165, 1.54) is 4.90 Å². The van der Waals surface area contributed by atoms with Gasteiger partial charge in [-0.25, -0.2) is 9.97 Å². The molecule has 0 radical (unpaired) electrons. The molecule has 21 heavy (non-hydrogen) atoms. The van der Waals surface area contributed by atoms with Crippen LogP contribution in [-0.2, 0) is 4.79 Å². The Morgan fingerprint density at radius 1 is 1.48 bits per heavy atom. The van der Waals surface area contributed by atoms with Crippen molar-refractivity contribution in [3.63, 3.8) is 0 Å². The Hall–Kier alpha value is -2.18. The van der Waals surface area contributed by atoms with Gasteiger partial charge in [0.2, 0.25) is 5.91 Å². The number of aromatic nitrogens is 2. The summed E-state index contributed by atoms with van der Waals surface area (Å²) in [5.74, 6) is 0.386. The van der Waals surface area contributed by atoms with Crippen LogP contribution >= 0.6 is 0 Å². The molecular weight excluding hydrogens is 270 g/mol. The highest BCUT2D eigenvalue weighted by Crippen LogP contribution is 2.18. The summed E-state index contributed by atoms with van der Waals surface area (Å²) in [4.78, 5) is 34.4. The molecule has 0 spiro atoms. The average Bonchev–Trinajstić information content (AvgIpc) is 2.70. The molecular formula is C14H21N5O2. The van der Waals surface area contributed by atoms with Crippen molar-refractivity contribution in [2.75, 3.05) is 32.0 Å². The van der Waals surface area contributed by atoms with Crippen molar-refractivity contribution in [1.82, 2.24) is 20.2 Å². The maximum Gasteiger partial charge on any atom is 0.275 e. The van der Waals surface area contributed by atoms with Crippen LogP contribution in [0.3, 0.4) is 0 Å². The van der Waals surface area contributed by atoms with Gasteiger partial charge in [0.1, 0.15) is 5.82 Å². The van der Waals surface area contributed by atoms with E-state index in [9.17, 15) is 9.59 Å². The molecule has 2 amide bonds. The van der Waals surface area contributed by atoms with Gasteiger partial charge in [-0.15, -0.1) is 0 Å². The number of rotatable bonds is 3. The second-order valence-corrected chi connectivity index (χ2v) is 5.33. The Kier molecular flexibility index (Phi) is 4.72. The number of carbonyl (C=O) groups excluding carboxylic acids is 2. The van der Waals surface area contributed by atoms with E-state index in [0.29, 0.717) is 30.3 Å². The molecule has 2 rings (SSSR count). The van der Waals surface area contributed by atoms with E-state index in [1.807, 2.05) is 13.8 Å². The van der Waals surface area contributed by atoms with Crippen LogP contribution in [0.1, 0.15) is 42.5 Å². The summed E-state index contributed by atoms with van der Waals surface area (Å²) in [5.41, 5.74) is 0.903. The molecule has 2 heterocycles. The van der Waals surface area contributed by atoms with Gasteiger partial charge in [0.15, 0.2) is 5.69 Å². The molecule has 1 fully saturated rings. The van der Waals surface area contributed by atoms with Crippen LogP contribution in [0.4, 0.5) is 5.69 Å². The van der Waals surface area contributed by atoms with Crippen LogP contribution in [0, 0.1) is 0 Å². The quantitative estimate of drug-likeness (QED) is 0.851. The summed E-state index contributed by atoms with van der Waals surface area (Å²) in [7, 11) is 1.72. The third kappa shape index (κ3) is 3.48. The molecule has 2 N–H and O–H groups in total. The Morgan fingerprint density at radius 2 is 2.24 bits per heavy atom. The zero-order valence-electron chi connectivity index (χ0n) is 12.6. The normalized spacial score (nSPS) is 15.6. The number of hydrogen-bond donors (Lipinski definition) is 2. The zero-order chi connectivity index (χ0) is 15.4. The number of carbonyl (C=O) groups is 2. The second kappa shape index (κ2) is 6.51. The molecule has 0 unspecified atom stereocenters. The lowest BCUT2D eigenvalue weighted by Gasteiger charge is -2.20. The van der Waals surface area contributed by atoms with Gasteiger partial charge in [0.05, 0.1) is 18.4 Å². The number of nitrogens with one attached hydrogen (secondary N) is 2. The van der Waals surface area contributed by atoms with E-state index in [1.54, 1.807) is 13.2 Å². The van der Waals surface area contributed by atoms with E-state index < -0.39 is 0 Å². The molecule has 1 aliphatic heterocycles. The molecule has 1 aromatic heterocycles. The number of nitrogens with zero attached hydrogens (tertiary/aromatic N) is 3. The van der Waals surface area contributed by atoms with Crippen molar-refractivity contribution in [3.05, 3.63) is 17.7 Å². The highest BCUT2D eigenvalue weighted by molar-refractivity contribution is 5.99. The van der Waals surface area contributed by atoms with Gasteiger partial charge in [0, 0.05) is 26.1 Å². The average molecular weight is 291 g/mol. The van der Waals surface area contributed by atoms with Crippen LogP contribution in [0.25, 0.3) is 0 Å². The first-order valence-corrected chi connectivity index (χ1v) is 7.13. The van der Waals surface area contributed by atoms with Gasteiger partial charge < -0.3 is 15.5 Å². The topological polar surface area (TPSA) is 87.2 Å². The minimum Gasteiger partial charge on any atom is -0.385 e. The van der Waals surface area contributed by atoms with Crippen molar-refractivity contribution in [1.29, 1.82) is 0 Å². The monoisotopic (exact) mass is 291 g/mol. The summed E-state index contributed by atoms with van der Waals surface area (Å²) in [5, 5.41) is 5.69. The molecule has 1 saturated heterocycles. The van der Waals surface area contributed by atoms with Crippen molar-refractivity contribution in [2.45, 2.75) is 26.2 Å². The largest absolute Gasteiger partial charge is 0.385 e. The summed E-state index contributed by atoms with van der Waals surface area (Å²) >= 11 is 0. The number of anilines is 1. The van der Waals surface area contributed by atoms with Gasteiger partial charge >= 0.3 is 0 Å². The summed E-state index contributed by atoms with van der Waals surface area (Å²) in [6.45, 7) is 5.16. The first-order valence-electron chi connectivity index (χ1n) is 7.13. The van der Waals surface area contributed by atoms with E-state index in [-0.39, 0.29) is 24.3 Å². The molecule has 0 atom stereocenters. The van der Waals surface area contributed by atoms with Gasteiger partial charge in [-0.3, -0.25) is 9.59 Å². The summed E-state index contributed by atoms with van der Waals surface area (Å²) in [6.07, 6.45) is 2.36. The molecule has 0 bridgehead atoms. The van der Waals surface area contributed by atoms with Crippen LogP contribution in [0.2, 0.25) is 0 Å². The smallest absolute Gasteiger partial charge is 0.275 e. The maximum absolute atomic E-state index is 12.7. The highest BCUT2D eigenvalue weighted by atomic mass is 16.2. The van der Waals surface area contributed by atoms with Crippen LogP contribution in [-0.4, -0.2) is 53.4 Å². The highest BCUT2D eigenvalue weighted by Gasteiger charge is 2.25. The Balaban J connectivity index is 2.32. The van der Waals surface area contributed by atoms with Gasteiger partial charge in [-0.05, 0) is 6.42 Å². The number of amides is 2. The van der Waals surface area contributed by atoms with Crippen molar-refractivity contribution < 1.29 is 9.59 Å². The van der Waals surface area contributed by atoms with Crippen LogP contribution in [0.5, 0.6) is 0 Å². The molecule has 0 aromatic carbocycles. The Morgan fingerprint density at radius 3 is 2.90 bits per heavy atom. The Bertz CT molecular complexity index is 544.